The number of ether oxygens (including phenoxy) is 1. The third-order valence-corrected chi connectivity index (χ3v) is 5.12. The Hall–Kier alpha value is -2.71. The monoisotopic (exact) mass is 432 g/mol. The van der Waals surface area contributed by atoms with Crippen molar-refractivity contribution in [2.24, 2.45) is 4.99 Å². The van der Waals surface area contributed by atoms with Crippen LogP contribution in [0.15, 0.2) is 53.5 Å². The number of fused-ring (bicyclic) bond motifs is 1. The van der Waals surface area contributed by atoms with Gasteiger partial charge < -0.3 is 20.5 Å². The molecule has 0 saturated carbocycles. The van der Waals surface area contributed by atoms with E-state index in [-0.39, 0.29) is 12.3 Å². The number of aliphatic hydroxyl groups is 1. The third kappa shape index (κ3) is 7.18. The van der Waals surface area contributed by atoms with Crippen LogP contribution in [-0.2, 0) is 19.5 Å². The first-order chi connectivity index (χ1) is 15.0. The lowest BCUT2D eigenvalue weighted by Gasteiger charge is -2.30. The summed E-state index contributed by atoms with van der Waals surface area (Å²) in [6.45, 7) is 2.52. The standard InChI is InChI=1S/C23H30F2N4O2/c1-2-26-23(27-13-18-8-5-6-10-21(18)31-22(24)25)28-14-20(30)16-29-12-11-17-7-3-4-9-19(17)15-29/h3-10,20,22,30H,2,11-16H2,1H3,(H2,26,27,28). The molecule has 2 aromatic carbocycles. The summed E-state index contributed by atoms with van der Waals surface area (Å²) in [6, 6.07) is 15.0. The Morgan fingerprint density at radius 3 is 2.65 bits per heavy atom. The maximum absolute atomic E-state index is 12.6. The number of benzene rings is 2. The van der Waals surface area contributed by atoms with E-state index in [1.807, 2.05) is 13.0 Å². The molecule has 3 rings (SSSR count). The Labute approximate surface area is 181 Å². The summed E-state index contributed by atoms with van der Waals surface area (Å²) in [6.07, 6.45) is 0.420. The number of aliphatic imine (C=N–C) groups is 1. The van der Waals surface area contributed by atoms with Crippen LogP contribution in [0.3, 0.4) is 0 Å². The van der Waals surface area contributed by atoms with Gasteiger partial charge in [-0.05, 0) is 30.5 Å². The Morgan fingerprint density at radius 1 is 1.13 bits per heavy atom. The van der Waals surface area contributed by atoms with Crippen molar-refractivity contribution in [3.05, 3.63) is 65.2 Å². The summed E-state index contributed by atoms with van der Waals surface area (Å²) in [7, 11) is 0. The fourth-order valence-electron chi connectivity index (χ4n) is 3.64. The topological polar surface area (TPSA) is 69.1 Å². The van der Waals surface area contributed by atoms with E-state index in [1.165, 1.54) is 17.2 Å². The van der Waals surface area contributed by atoms with E-state index in [4.69, 9.17) is 0 Å². The minimum atomic E-state index is -2.88. The molecule has 0 radical (unpaired) electrons. The molecule has 1 aliphatic rings. The first kappa shape index (κ1) is 23.0. The highest BCUT2D eigenvalue weighted by Gasteiger charge is 2.18. The Bertz CT molecular complexity index is 863. The molecule has 168 valence electrons. The average Bonchev–Trinajstić information content (AvgIpc) is 2.76. The van der Waals surface area contributed by atoms with Crippen molar-refractivity contribution in [2.75, 3.05) is 26.2 Å². The highest BCUT2D eigenvalue weighted by atomic mass is 19.3. The van der Waals surface area contributed by atoms with Crippen molar-refractivity contribution in [3.63, 3.8) is 0 Å². The molecular formula is C23H30F2N4O2. The summed E-state index contributed by atoms with van der Waals surface area (Å²) < 4.78 is 29.7. The molecule has 8 heteroatoms. The quantitative estimate of drug-likeness (QED) is 0.420. The van der Waals surface area contributed by atoms with Gasteiger partial charge in [0.15, 0.2) is 5.96 Å². The highest BCUT2D eigenvalue weighted by molar-refractivity contribution is 5.79. The summed E-state index contributed by atoms with van der Waals surface area (Å²) in [5, 5.41) is 16.7. The van der Waals surface area contributed by atoms with Crippen LogP contribution in [0.2, 0.25) is 0 Å². The molecule has 0 fully saturated rings. The number of alkyl halides is 2. The molecule has 6 nitrogen and oxygen atoms in total. The number of hydrogen-bond acceptors (Lipinski definition) is 4. The van der Waals surface area contributed by atoms with Gasteiger partial charge in [0.25, 0.3) is 0 Å². The average molecular weight is 433 g/mol. The van der Waals surface area contributed by atoms with Gasteiger partial charge in [0.05, 0.1) is 12.6 Å². The molecule has 1 atom stereocenters. The molecule has 0 aliphatic carbocycles. The van der Waals surface area contributed by atoms with Gasteiger partial charge in [0.2, 0.25) is 0 Å². The number of nitrogens with zero attached hydrogens (tertiary/aromatic N) is 2. The Morgan fingerprint density at radius 2 is 1.87 bits per heavy atom. The molecule has 0 saturated heterocycles. The summed E-state index contributed by atoms with van der Waals surface area (Å²) in [4.78, 5) is 6.69. The van der Waals surface area contributed by atoms with Gasteiger partial charge in [0, 0.05) is 38.3 Å². The first-order valence-corrected chi connectivity index (χ1v) is 10.6. The molecule has 2 aromatic rings. The lowest BCUT2D eigenvalue weighted by Crippen LogP contribution is -2.45. The van der Waals surface area contributed by atoms with Gasteiger partial charge in [-0.2, -0.15) is 8.78 Å². The number of hydrogen-bond donors (Lipinski definition) is 3. The molecule has 1 unspecified atom stereocenters. The molecule has 1 heterocycles. The number of nitrogens with one attached hydrogen (secondary N) is 2. The summed E-state index contributed by atoms with van der Waals surface area (Å²) >= 11 is 0. The lowest BCUT2D eigenvalue weighted by molar-refractivity contribution is -0.0504. The fourth-order valence-corrected chi connectivity index (χ4v) is 3.64. The van der Waals surface area contributed by atoms with Crippen LogP contribution in [0.5, 0.6) is 5.75 Å². The smallest absolute Gasteiger partial charge is 0.387 e. The largest absolute Gasteiger partial charge is 0.434 e. The number of guanidine groups is 1. The van der Waals surface area contributed by atoms with Gasteiger partial charge in [-0.1, -0.05) is 42.5 Å². The van der Waals surface area contributed by atoms with Crippen molar-refractivity contribution < 1.29 is 18.6 Å². The zero-order valence-electron chi connectivity index (χ0n) is 17.7. The van der Waals surface area contributed by atoms with Crippen LogP contribution in [-0.4, -0.2) is 54.9 Å². The molecule has 0 bridgehead atoms. The minimum absolute atomic E-state index is 0.113. The summed E-state index contributed by atoms with van der Waals surface area (Å²) in [5.41, 5.74) is 3.25. The van der Waals surface area contributed by atoms with E-state index in [9.17, 15) is 13.9 Å². The van der Waals surface area contributed by atoms with Crippen LogP contribution >= 0.6 is 0 Å². The van der Waals surface area contributed by atoms with Gasteiger partial charge in [-0.15, -0.1) is 0 Å². The van der Waals surface area contributed by atoms with Crippen molar-refractivity contribution >= 4 is 5.96 Å². The van der Waals surface area contributed by atoms with Crippen molar-refractivity contribution in [3.8, 4) is 5.75 Å². The summed E-state index contributed by atoms with van der Waals surface area (Å²) in [5.74, 6) is 0.625. The van der Waals surface area contributed by atoms with Crippen LogP contribution in [0.25, 0.3) is 0 Å². The maximum Gasteiger partial charge on any atom is 0.387 e. The molecule has 0 amide bonds. The minimum Gasteiger partial charge on any atom is -0.434 e. The molecule has 1 aliphatic heterocycles. The van der Waals surface area contributed by atoms with Crippen LogP contribution in [0, 0.1) is 0 Å². The molecule has 31 heavy (non-hydrogen) atoms. The van der Waals surface area contributed by atoms with E-state index in [0.717, 1.165) is 19.5 Å². The molecule has 0 aromatic heterocycles. The van der Waals surface area contributed by atoms with Gasteiger partial charge >= 0.3 is 6.61 Å². The normalized spacial score (nSPS) is 15.5. The number of halogens is 2. The second-order valence-corrected chi connectivity index (χ2v) is 7.47. The predicted octanol–water partition coefficient (Wildman–Crippen LogP) is 2.76. The molecular weight excluding hydrogens is 402 g/mol. The number of aliphatic hydroxyl groups excluding tert-OH is 1. The van der Waals surface area contributed by atoms with Crippen molar-refractivity contribution in [1.82, 2.24) is 15.5 Å². The molecule has 0 spiro atoms. The number of rotatable bonds is 9. The second-order valence-electron chi connectivity index (χ2n) is 7.47. The van der Waals surface area contributed by atoms with Crippen LogP contribution in [0.1, 0.15) is 23.6 Å². The zero-order valence-corrected chi connectivity index (χ0v) is 17.7. The molecule has 3 N–H and O–H groups in total. The van der Waals surface area contributed by atoms with Gasteiger partial charge in [-0.25, -0.2) is 4.99 Å². The highest BCUT2D eigenvalue weighted by Crippen LogP contribution is 2.21. The van der Waals surface area contributed by atoms with Crippen molar-refractivity contribution in [2.45, 2.75) is 39.1 Å². The van der Waals surface area contributed by atoms with E-state index < -0.39 is 12.7 Å². The lowest BCUT2D eigenvalue weighted by atomic mass is 10.00. The number of para-hydroxylation sites is 1. The van der Waals surface area contributed by atoms with Crippen molar-refractivity contribution in [1.29, 1.82) is 0 Å². The first-order valence-electron chi connectivity index (χ1n) is 10.6. The Kier molecular flexibility index (Phi) is 8.61. The third-order valence-electron chi connectivity index (χ3n) is 5.12. The van der Waals surface area contributed by atoms with E-state index >= 15 is 0 Å². The van der Waals surface area contributed by atoms with E-state index in [0.29, 0.717) is 31.2 Å². The van der Waals surface area contributed by atoms with Crippen LogP contribution < -0.4 is 15.4 Å². The number of β-amino-alcohol motifs (C(OH)–C–C–N with tert-alkyl or cyclic N) is 1. The van der Waals surface area contributed by atoms with Gasteiger partial charge in [-0.3, -0.25) is 4.90 Å². The van der Waals surface area contributed by atoms with E-state index in [1.54, 1.807) is 18.2 Å². The second kappa shape index (κ2) is 11.6. The maximum atomic E-state index is 12.6. The van der Waals surface area contributed by atoms with Gasteiger partial charge in [0.1, 0.15) is 5.75 Å². The Balaban J connectivity index is 1.52. The van der Waals surface area contributed by atoms with Crippen LogP contribution in [0.4, 0.5) is 8.78 Å². The predicted molar refractivity (Wildman–Crippen MR) is 117 cm³/mol. The van der Waals surface area contributed by atoms with E-state index in [2.05, 4.69) is 43.5 Å². The SMILES string of the molecule is CCNC(=NCc1ccccc1OC(F)F)NCC(O)CN1CCc2ccccc2C1. The zero-order chi connectivity index (χ0) is 22.1. The fraction of sp³-hybridized carbons (Fsp3) is 0.435.